The third-order valence-electron chi connectivity index (χ3n) is 9.76. The maximum atomic E-state index is 3.99. The fraction of sp³-hybridized carbons (Fsp3) is 0.0204. The summed E-state index contributed by atoms with van der Waals surface area (Å²) in [5.41, 5.74) is 10.1. The first-order chi connectivity index (χ1) is 25.1. The highest BCUT2D eigenvalue weighted by molar-refractivity contribution is 5.99. The van der Waals surface area contributed by atoms with E-state index in [1.807, 2.05) is 12.2 Å². The van der Waals surface area contributed by atoms with Gasteiger partial charge in [0, 0.05) is 35.5 Å². The lowest BCUT2D eigenvalue weighted by Crippen LogP contribution is -2.10. The highest BCUT2D eigenvalue weighted by atomic mass is 15.1. The van der Waals surface area contributed by atoms with Gasteiger partial charge in [-0.25, -0.2) is 0 Å². The van der Waals surface area contributed by atoms with Crippen LogP contribution in [-0.2, 0) is 0 Å². The fourth-order valence-electron chi connectivity index (χ4n) is 6.94. The van der Waals surface area contributed by atoms with Crippen LogP contribution in [0, 0.1) is 0 Å². The van der Waals surface area contributed by atoms with Crippen LogP contribution in [0.2, 0.25) is 0 Å². The van der Waals surface area contributed by atoms with Gasteiger partial charge in [0.1, 0.15) is 0 Å². The summed E-state index contributed by atoms with van der Waals surface area (Å²) in [5.74, 6) is 0. The van der Waals surface area contributed by atoms with Crippen molar-refractivity contribution in [1.29, 1.82) is 0 Å². The van der Waals surface area contributed by atoms with Crippen LogP contribution in [0.3, 0.4) is 0 Å². The molecule has 0 saturated carbocycles. The summed E-state index contributed by atoms with van der Waals surface area (Å²) < 4.78 is 0. The fourth-order valence-corrected chi connectivity index (χ4v) is 6.94. The van der Waals surface area contributed by atoms with E-state index in [1.165, 1.54) is 43.4 Å². The Labute approximate surface area is 300 Å². The molecule has 8 aromatic carbocycles. The monoisotopic (exact) mass is 654 g/mol. The average molecular weight is 655 g/mol. The molecule has 244 valence electrons. The topological polar surface area (TPSA) is 6.48 Å². The van der Waals surface area contributed by atoms with E-state index in [1.54, 1.807) is 6.08 Å². The maximum absolute atomic E-state index is 3.99. The Morgan fingerprint density at radius 1 is 0.431 bits per heavy atom. The molecule has 8 aromatic rings. The van der Waals surface area contributed by atoms with Gasteiger partial charge in [-0.1, -0.05) is 128 Å². The van der Waals surface area contributed by atoms with Gasteiger partial charge >= 0.3 is 0 Å². The zero-order valence-corrected chi connectivity index (χ0v) is 28.7. The molecule has 0 bridgehead atoms. The van der Waals surface area contributed by atoms with E-state index >= 15 is 0 Å². The Morgan fingerprint density at radius 3 is 1.49 bits per heavy atom. The van der Waals surface area contributed by atoms with Gasteiger partial charge in [0.05, 0.1) is 0 Å². The van der Waals surface area contributed by atoms with Crippen LogP contribution in [-0.4, -0.2) is 7.05 Å². The summed E-state index contributed by atoms with van der Waals surface area (Å²) in [7, 11) is 2.13. The number of anilines is 5. The first kappa shape index (κ1) is 31.6. The Hall–Kier alpha value is -6.64. The second-order valence-electron chi connectivity index (χ2n) is 12.9. The average Bonchev–Trinajstić information content (AvgIpc) is 3.19. The van der Waals surface area contributed by atoms with E-state index in [0.29, 0.717) is 0 Å². The summed E-state index contributed by atoms with van der Waals surface area (Å²) in [5, 5.41) is 7.46. The third-order valence-corrected chi connectivity index (χ3v) is 9.76. The lowest BCUT2D eigenvalue weighted by molar-refractivity contribution is 1.21. The minimum atomic E-state index is 1.04. The summed E-state index contributed by atoms with van der Waals surface area (Å²) in [6.07, 6.45) is 5.65. The molecular weight excluding hydrogens is 617 g/mol. The number of hydrogen-bond donors (Lipinski definition) is 0. The SMILES string of the molecule is C=C/C=C(\C=C)c1ccc(N(c2ccc(-c3ccc(N(C)c4ccc5cc6ccccc6cc5c4)cc3)cc2)c2ccc3ccccc3c2)cc1. The van der Waals surface area contributed by atoms with E-state index < -0.39 is 0 Å². The molecule has 0 radical (unpaired) electrons. The van der Waals surface area contributed by atoms with Gasteiger partial charge in [0.2, 0.25) is 0 Å². The van der Waals surface area contributed by atoms with Gasteiger partial charge in [0.15, 0.2) is 0 Å². The first-order valence-corrected chi connectivity index (χ1v) is 17.3. The van der Waals surface area contributed by atoms with E-state index in [-0.39, 0.29) is 0 Å². The van der Waals surface area contributed by atoms with E-state index in [9.17, 15) is 0 Å². The molecule has 0 amide bonds. The Balaban J connectivity index is 1.08. The highest BCUT2D eigenvalue weighted by Gasteiger charge is 2.14. The normalized spacial score (nSPS) is 11.5. The van der Waals surface area contributed by atoms with Crippen molar-refractivity contribution in [1.82, 2.24) is 0 Å². The molecule has 8 rings (SSSR count). The molecule has 0 aliphatic rings. The van der Waals surface area contributed by atoms with Crippen molar-refractivity contribution in [3.63, 3.8) is 0 Å². The number of allylic oxidation sites excluding steroid dienone is 4. The zero-order chi connectivity index (χ0) is 34.7. The minimum Gasteiger partial charge on any atom is -0.345 e. The largest absolute Gasteiger partial charge is 0.345 e. The standard InChI is InChI=1S/C49H38N2/c1-4-10-35(5-2)37-17-25-46(26-18-37)51(49-30-21-36-11-6-7-14-42(36)33-49)47-27-19-39(20-28-47)38-15-23-45(24-16-38)50(3)48-29-22-43-31-40-12-8-9-13-41(40)32-44(43)34-48/h4-34H,1-2H2,3H3/b35-10+. The Kier molecular flexibility index (Phi) is 8.49. The predicted octanol–water partition coefficient (Wildman–Crippen LogP) is 13.8. The van der Waals surface area contributed by atoms with Gasteiger partial charge in [0.25, 0.3) is 0 Å². The van der Waals surface area contributed by atoms with Gasteiger partial charge in [-0.15, -0.1) is 0 Å². The smallest absolute Gasteiger partial charge is 0.0468 e. The Bertz CT molecular complexity index is 2560. The summed E-state index contributed by atoms with van der Waals surface area (Å²) in [4.78, 5) is 4.56. The Morgan fingerprint density at radius 2 is 0.882 bits per heavy atom. The van der Waals surface area contributed by atoms with E-state index in [4.69, 9.17) is 0 Å². The molecule has 51 heavy (non-hydrogen) atoms. The molecule has 0 spiro atoms. The lowest BCUT2D eigenvalue weighted by Gasteiger charge is -2.26. The second kappa shape index (κ2) is 13.7. The first-order valence-electron chi connectivity index (χ1n) is 17.3. The van der Waals surface area contributed by atoms with Crippen LogP contribution in [0.15, 0.2) is 201 Å². The van der Waals surface area contributed by atoms with Crippen molar-refractivity contribution in [2.45, 2.75) is 0 Å². The maximum Gasteiger partial charge on any atom is 0.0468 e. The molecule has 0 aliphatic heterocycles. The van der Waals surface area contributed by atoms with Gasteiger partial charge in [-0.05, 0) is 127 Å². The van der Waals surface area contributed by atoms with Gasteiger partial charge < -0.3 is 9.80 Å². The van der Waals surface area contributed by atoms with Crippen molar-refractivity contribution in [3.05, 3.63) is 207 Å². The van der Waals surface area contributed by atoms with Crippen LogP contribution in [0.5, 0.6) is 0 Å². The summed E-state index contributed by atoms with van der Waals surface area (Å²) in [6.45, 7) is 7.85. The number of rotatable bonds is 9. The molecule has 2 heteroatoms. The molecular formula is C49H38N2. The summed E-state index contributed by atoms with van der Waals surface area (Å²) in [6, 6.07) is 61.3. The second-order valence-corrected chi connectivity index (χ2v) is 12.9. The highest BCUT2D eigenvalue weighted by Crippen LogP contribution is 2.38. The number of fused-ring (bicyclic) bond motifs is 3. The van der Waals surface area contributed by atoms with Gasteiger partial charge in [-0.3, -0.25) is 0 Å². The number of hydrogen-bond acceptors (Lipinski definition) is 2. The van der Waals surface area contributed by atoms with E-state index in [0.717, 1.165) is 39.6 Å². The van der Waals surface area contributed by atoms with Crippen molar-refractivity contribution in [2.75, 3.05) is 16.8 Å². The zero-order valence-electron chi connectivity index (χ0n) is 28.7. The molecule has 2 nitrogen and oxygen atoms in total. The molecule has 0 atom stereocenters. The van der Waals surface area contributed by atoms with E-state index in [2.05, 4.69) is 200 Å². The molecule has 0 heterocycles. The number of nitrogens with zero attached hydrogens (tertiary/aromatic N) is 2. The number of benzene rings is 8. The molecule has 0 aliphatic carbocycles. The molecule has 0 saturated heterocycles. The molecule has 0 fully saturated rings. The molecule has 0 N–H and O–H groups in total. The van der Waals surface area contributed by atoms with Crippen LogP contribution in [0.1, 0.15) is 5.56 Å². The van der Waals surface area contributed by atoms with Gasteiger partial charge in [-0.2, -0.15) is 0 Å². The molecule has 0 aromatic heterocycles. The van der Waals surface area contributed by atoms with Crippen LogP contribution in [0.25, 0.3) is 49.0 Å². The summed E-state index contributed by atoms with van der Waals surface area (Å²) >= 11 is 0. The third kappa shape index (κ3) is 6.32. The lowest BCUT2D eigenvalue weighted by atomic mass is 10.0. The van der Waals surface area contributed by atoms with Crippen molar-refractivity contribution in [2.24, 2.45) is 0 Å². The van der Waals surface area contributed by atoms with Crippen molar-refractivity contribution < 1.29 is 0 Å². The minimum absolute atomic E-state index is 1.04. The van der Waals surface area contributed by atoms with Crippen LogP contribution < -0.4 is 9.80 Å². The predicted molar refractivity (Wildman–Crippen MR) is 222 cm³/mol. The molecule has 0 unspecified atom stereocenters. The van der Waals surface area contributed by atoms with Crippen LogP contribution in [0.4, 0.5) is 28.4 Å². The quantitative estimate of drug-likeness (QED) is 0.113. The van der Waals surface area contributed by atoms with Crippen molar-refractivity contribution >= 4 is 66.3 Å². The van der Waals surface area contributed by atoms with Crippen molar-refractivity contribution in [3.8, 4) is 11.1 Å². The van der Waals surface area contributed by atoms with Crippen LogP contribution >= 0.6 is 0 Å².